The van der Waals surface area contributed by atoms with Gasteiger partial charge in [0.05, 0.1) is 10.6 Å². The topological polar surface area (TPSA) is 76.3 Å². The second-order valence-corrected chi connectivity index (χ2v) is 5.96. The number of halogens is 1. The van der Waals surface area contributed by atoms with Gasteiger partial charge in [0.1, 0.15) is 5.82 Å². The first-order valence-electron chi connectivity index (χ1n) is 5.94. The van der Waals surface area contributed by atoms with Gasteiger partial charge in [-0.3, -0.25) is 9.29 Å². The third kappa shape index (κ3) is 2.72. The number of nitrogen functional groups attached to an aromatic ring is 1. The molecule has 0 saturated carbocycles. The van der Waals surface area contributed by atoms with E-state index in [1.54, 1.807) is 19.1 Å². The van der Waals surface area contributed by atoms with E-state index in [1.165, 1.54) is 22.8 Å². The molecule has 7 heteroatoms. The first-order valence-corrected chi connectivity index (χ1v) is 7.38. The van der Waals surface area contributed by atoms with E-state index in [4.69, 9.17) is 5.73 Å². The maximum atomic E-state index is 13.4. The lowest BCUT2D eigenvalue weighted by molar-refractivity contribution is 0.587. The lowest BCUT2D eigenvalue weighted by Gasteiger charge is -2.22. The summed E-state index contributed by atoms with van der Waals surface area (Å²) >= 11 is 0. The van der Waals surface area contributed by atoms with Crippen LogP contribution in [0.2, 0.25) is 0 Å². The highest BCUT2D eigenvalue weighted by Crippen LogP contribution is 2.24. The summed E-state index contributed by atoms with van der Waals surface area (Å²) in [6, 6.07) is 6.41. The zero-order valence-electron chi connectivity index (χ0n) is 10.8. The Morgan fingerprint density at radius 3 is 2.45 bits per heavy atom. The number of hydrogen-bond acceptors (Lipinski definition) is 4. The fraction of sp³-hybridized carbons (Fsp3) is 0.154. The molecule has 0 amide bonds. The van der Waals surface area contributed by atoms with Crippen LogP contribution in [0.4, 0.5) is 15.8 Å². The fourth-order valence-electron chi connectivity index (χ4n) is 1.86. The van der Waals surface area contributed by atoms with Crippen molar-refractivity contribution < 1.29 is 12.8 Å². The van der Waals surface area contributed by atoms with Crippen LogP contribution >= 0.6 is 0 Å². The molecule has 20 heavy (non-hydrogen) atoms. The Balaban J connectivity index is 2.52. The Morgan fingerprint density at radius 1 is 1.25 bits per heavy atom. The predicted molar refractivity (Wildman–Crippen MR) is 75.3 cm³/mol. The van der Waals surface area contributed by atoms with E-state index < -0.39 is 15.8 Å². The van der Waals surface area contributed by atoms with Crippen molar-refractivity contribution in [1.29, 1.82) is 0 Å². The molecule has 2 rings (SSSR count). The van der Waals surface area contributed by atoms with E-state index in [-0.39, 0.29) is 17.1 Å². The lowest BCUT2D eigenvalue weighted by Crippen LogP contribution is -2.30. The van der Waals surface area contributed by atoms with Gasteiger partial charge in [-0.2, -0.15) is 0 Å². The number of benzene rings is 1. The first-order chi connectivity index (χ1) is 9.45. The van der Waals surface area contributed by atoms with Gasteiger partial charge in [0.2, 0.25) is 0 Å². The summed E-state index contributed by atoms with van der Waals surface area (Å²) < 4.78 is 39.6. The maximum absolute atomic E-state index is 13.4. The second-order valence-electron chi connectivity index (χ2n) is 4.10. The highest BCUT2D eigenvalue weighted by atomic mass is 32.2. The molecular formula is C13H14FN3O2S. The van der Waals surface area contributed by atoms with Gasteiger partial charge in [-0.1, -0.05) is 0 Å². The normalized spacial score (nSPS) is 11.3. The van der Waals surface area contributed by atoms with Crippen molar-refractivity contribution in [2.24, 2.45) is 0 Å². The lowest BCUT2D eigenvalue weighted by atomic mass is 10.3. The zero-order valence-corrected chi connectivity index (χ0v) is 11.6. The van der Waals surface area contributed by atoms with Crippen LogP contribution < -0.4 is 10.0 Å². The number of aromatic nitrogens is 1. The Morgan fingerprint density at radius 2 is 1.90 bits per heavy atom. The van der Waals surface area contributed by atoms with Gasteiger partial charge in [-0.15, -0.1) is 0 Å². The molecule has 1 aromatic carbocycles. The number of nitrogens with two attached hydrogens (primary N) is 1. The monoisotopic (exact) mass is 295 g/mol. The number of pyridine rings is 1. The maximum Gasteiger partial charge on any atom is 0.264 e. The van der Waals surface area contributed by atoms with Crippen LogP contribution in [0.5, 0.6) is 0 Å². The van der Waals surface area contributed by atoms with Crippen LogP contribution in [0, 0.1) is 5.82 Å². The largest absolute Gasteiger partial charge is 0.399 e. The van der Waals surface area contributed by atoms with Gasteiger partial charge < -0.3 is 5.73 Å². The van der Waals surface area contributed by atoms with Crippen LogP contribution in [-0.4, -0.2) is 19.9 Å². The summed E-state index contributed by atoms with van der Waals surface area (Å²) in [6.45, 7) is 1.91. The Hall–Kier alpha value is -2.15. The van der Waals surface area contributed by atoms with Gasteiger partial charge in [0.15, 0.2) is 0 Å². The minimum absolute atomic E-state index is 0.0642. The van der Waals surface area contributed by atoms with E-state index in [2.05, 4.69) is 4.98 Å². The van der Waals surface area contributed by atoms with Crippen molar-refractivity contribution >= 4 is 21.4 Å². The SMILES string of the molecule is CCN(c1ccncc1)S(=O)(=O)c1cc(N)cc(F)c1. The van der Waals surface area contributed by atoms with E-state index in [1.807, 2.05) is 0 Å². The second kappa shape index (κ2) is 5.46. The molecule has 1 heterocycles. The highest BCUT2D eigenvalue weighted by molar-refractivity contribution is 7.92. The average Bonchev–Trinajstić information content (AvgIpc) is 2.39. The molecule has 0 fully saturated rings. The summed E-state index contributed by atoms with van der Waals surface area (Å²) in [4.78, 5) is 3.67. The minimum Gasteiger partial charge on any atom is -0.399 e. The molecule has 0 saturated heterocycles. The van der Waals surface area contributed by atoms with Crippen molar-refractivity contribution in [3.05, 3.63) is 48.5 Å². The third-order valence-electron chi connectivity index (χ3n) is 2.72. The van der Waals surface area contributed by atoms with Crippen molar-refractivity contribution in [2.45, 2.75) is 11.8 Å². The molecule has 0 aliphatic heterocycles. The summed E-state index contributed by atoms with van der Waals surface area (Å²) in [5.41, 5.74) is 6.03. The Labute approximate surface area is 116 Å². The van der Waals surface area contributed by atoms with Gasteiger partial charge in [0, 0.05) is 24.6 Å². The first kappa shape index (κ1) is 14.3. The standard InChI is InChI=1S/C13H14FN3O2S/c1-2-17(12-3-5-16-6-4-12)20(18,19)13-8-10(14)7-11(15)9-13/h3-9H,2,15H2,1H3. The summed E-state index contributed by atoms with van der Waals surface area (Å²) in [6.07, 6.45) is 2.99. The van der Waals surface area contributed by atoms with Crippen LogP contribution in [0.15, 0.2) is 47.6 Å². The number of nitrogens with zero attached hydrogens (tertiary/aromatic N) is 2. The molecule has 0 aliphatic carbocycles. The molecule has 0 atom stereocenters. The van der Waals surface area contributed by atoms with Crippen molar-refractivity contribution in [3.8, 4) is 0 Å². The van der Waals surface area contributed by atoms with Gasteiger partial charge in [-0.05, 0) is 37.3 Å². The van der Waals surface area contributed by atoms with Crippen LogP contribution in [0.1, 0.15) is 6.92 Å². The molecule has 2 N–H and O–H groups in total. The predicted octanol–water partition coefficient (Wildman–Crippen LogP) is 2.02. The number of hydrogen-bond donors (Lipinski definition) is 1. The van der Waals surface area contributed by atoms with Gasteiger partial charge >= 0.3 is 0 Å². The fourth-order valence-corrected chi connectivity index (χ4v) is 3.40. The highest BCUT2D eigenvalue weighted by Gasteiger charge is 2.24. The van der Waals surface area contributed by atoms with Gasteiger partial charge in [-0.25, -0.2) is 12.8 Å². The Bertz CT molecular complexity index is 685. The quantitative estimate of drug-likeness (QED) is 0.875. The van der Waals surface area contributed by atoms with Crippen LogP contribution in [-0.2, 0) is 10.0 Å². The van der Waals surface area contributed by atoms with E-state index >= 15 is 0 Å². The van der Waals surface area contributed by atoms with Crippen molar-refractivity contribution in [1.82, 2.24) is 4.98 Å². The molecule has 0 unspecified atom stereocenters. The Kier molecular flexibility index (Phi) is 3.89. The molecule has 1 aromatic heterocycles. The number of rotatable bonds is 4. The molecule has 0 spiro atoms. The third-order valence-corrected chi connectivity index (χ3v) is 4.60. The molecule has 0 bridgehead atoms. The molecule has 0 aliphatic rings. The van der Waals surface area contributed by atoms with Gasteiger partial charge in [0.25, 0.3) is 10.0 Å². The summed E-state index contributed by atoms with van der Waals surface area (Å²) in [5, 5.41) is 0. The molecule has 106 valence electrons. The molecule has 0 radical (unpaired) electrons. The molecule has 2 aromatic rings. The van der Waals surface area contributed by atoms with E-state index in [0.29, 0.717) is 5.69 Å². The van der Waals surface area contributed by atoms with Crippen LogP contribution in [0.3, 0.4) is 0 Å². The number of anilines is 2. The molecular weight excluding hydrogens is 281 g/mol. The zero-order chi connectivity index (χ0) is 14.8. The van der Waals surface area contributed by atoms with Crippen molar-refractivity contribution in [2.75, 3.05) is 16.6 Å². The summed E-state index contributed by atoms with van der Waals surface area (Å²) in [7, 11) is -3.86. The number of sulfonamides is 1. The van der Waals surface area contributed by atoms with Crippen LogP contribution in [0.25, 0.3) is 0 Å². The smallest absolute Gasteiger partial charge is 0.264 e. The van der Waals surface area contributed by atoms with E-state index in [0.717, 1.165) is 12.1 Å². The van der Waals surface area contributed by atoms with E-state index in [9.17, 15) is 12.8 Å². The van der Waals surface area contributed by atoms with Crippen molar-refractivity contribution in [3.63, 3.8) is 0 Å². The molecule has 5 nitrogen and oxygen atoms in total. The average molecular weight is 295 g/mol. The minimum atomic E-state index is -3.86. The summed E-state index contributed by atoms with van der Waals surface area (Å²) in [5.74, 6) is -0.686.